The summed E-state index contributed by atoms with van der Waals surface area (Å²) < 4.78 is 11.6. The van der Waals surface area contributed by atoms with Crippen LogP contribution >= 0.6 is 0 Å². The molecule has 0 aromatic rings. The summed E-state index contributed by atoms with van der Waals surface area (Å²) >= 11 is 0. The highest BCUT2D eigenvalue weighted by Crippen LogP contribution is 2.33. The molecule has 0 saturated heterocycles. The van der Waals surface area contributed by atoms with Crippen LogP contribution in [0.1, 0.15) is 6.42 Å². The molecular formula is C4H4FO2. The molecule has 0 aromatic heterocycles. The summed E-state index contributed by atoms with van der Waals surface area (Å²) in [6.07, 6.45) is -0.965. The number of hydrogen-bond donors (Lipinski definition) is 0. The van der Waals surface area contributed by atoms with Crippen LogP contribution in [0.25, 0.3) is 0 Å². The predicted molar refractivity (Wildman–Crippen MR) is 18.7 cm³/mol. The predicted octanol–water partition coefficient (Wildman–Crippen LogP) is 0.301. The second-order valence-electron chi connectivity index (χ2n) is 1.68. The third-order valence-electron chi connectivity index (χ3n) is 1.02. The Labute approximate surface area is 39.9 Å². The Balaban J connectivity index is 2.33. The standard InChI is InChI=1S/C4H4FO2/c5-3-1-2(3)4(6)7/h2-3H,1H2. The van der Waals surface area contributed by atoms with Gasteiger partial charge in [0.2, 0.25) is 0 Å². The molecule has 3 heteroatoms. The van der Waals surface area contributed by atoms with Gasteiger partial charge in [0, 0.05) is 0 Å². The molecule has 1 aliphatic rings. The number of hydrogen-bond acceptors (Lipinski definition) is 1. The lowest BCUT2D eigenvalue weighted by molar-refractivity contribution is -0.145. The van der Waals surface area contributed by atoms with Gasteiger partial charge in [-0.2, -0.15) is 0 Å². The van der Waals surface area contributed by atoms with Gasteiger partial charge in [-0.05, 0) is 6.42 Å². The van der Waals surface area contributed by atoms with E-state index in [0.717, 1.165) is 0 Å². The van der Waals surface area contributed by atoms with Crippen LogP contribution in [0.4, 0.5) is 4.39 Å². The highest BCUT2D eigenvalue weighted by molar-refractivity contribution is 5.73. The Bertz CT molecular complexity index is 102. The molecule has 1 saturated carbocycles. The van der Waals surface area contributed by atoms with Crippen LogP contribution in [-0.4, -0.2) is 12.1 Å². The Morgan fingerprint density at radius 3 is 2.14 bits per heavy atom. The molecule has 0 heterocycles. The van der Waals surface area contributed by atoms with Gasteiger partial charge < -0.3 is 0 Å². The molecule has 1 rings (SSSR count). The van der Waals surface area contributed by atoms with E-state index in [1.54, 1.807) is 0 Å². The first kappa shape index (κ1) is 4.56. The van der Waals surface area contributed by atoms with Crippen molar-refractivity contribution in [3.05, 3.63) is 0 Å². The first-order chi connectivity index (χ1) is 3.22. The molecule has 2 nitrogen and oxygen atoms in total. The molecule has 7 heavy (non-hydrogen) atoms. The van der Waals surface area contributed by atoms with E-state index in [-0.39, 0.29) is 6.42 Å². The highest BCUT2D eigenvalue weighted by Gasteiger charge is 2.44. The van der Waals surface area contributed by atoms with Gasteiger partial charge in [-0.25, -0.2) is 14.3 Å². The molecule has 0 amide bonds. The van der Waals surface area contributed by atoms with E-state index >= 15 is 0 Å². The lowest BCUT2D eigenvalue weighted by Crippen LogP contribution is -1.96. The summed E-state index contributed by atoms with van der Waals surface area (Å²) in [4.78, 5) is 9.62. The molecule has 0 N–H and O–H groups in total. The normalized spacial score (nSPS) is 37.9. The average Bonchev–Trinajstić information content (AvgIpc) is 2.17. The molecule has 1 aliphatic carbocycles. The maximum atomic E-state index is 11.6. The van der Waals surface area contributed by atoms with Crippen LogP contribution in [0.15, 0.2) is 0 Å². The van der Waals surface area contributed by atoms with Gasteiger partial charge in [-0.3, -0.25) is 0 Å². The van der Waals surface area contributed by atoms with E-state index in [4.69, 9.17) is 0 Å². The fraction of sp³-hybridized carbons (Fsp3) is 0.750. The Kier molecular flexibility index (Phi) is 0.770. The molecule has 1 radical (unpaired) electrons. The molecule has 39 valence electrons. The zero-order valence-electron chi connectivity index (χ0n) is 3.56. The minimum absolute atomic E-state index is 0.155. The van der Waals surface area contributed by atoms with Crippen LogP contribution < -0.4 is 0 Å². The topological polar surface area (TPSA) is 37.0 Å². The van der Waals surface area contributed by atoms with Crippen molar-refractivity contribution in [3.8, 4) is 0 Å². The minimum Gasteiger partial charge on any atom is -0.247 e. The van der Waals surface area contributed by atoms with Crippen molar-refractivity contribution in [3.63, 3.8) is 0 Å². The molecule has 0 spiro atoms. The number of carbonyl (C=O) groups excluding carboxylic acids is 1. The molecule has 0 aromatic carbocycles. The second-order valence-corrected chi connectivity index (χ2v) is 1.68. The van der Waals surface area contributed by atoms with Gasteiger partial charge in [-0.1, -0.05) is 0 Å². The summed E-state index contributed by atoms with van der Waals surface area (Å²) in [6, 6.07) is 0. The van der Waals surface area contributed by atoms with Gasteiger partial charge in [0.05, 0.1) is 5.92 Å². The van der Waals surface area contributed by atoms with E-state index in [9.17, 15) is 14.3 Å². The van der Waals surface area contributed by atoms with E-state index < -0.39 is 18.1 Å². The molecular weight excluding hydrogens is 99.0 g/mol. The number of alkyl halides is 1. The van der Waals surface area contributed by atoms with Crippen molar-refractivity contribution >= 4 is 5.97 Å². The van der Waals surface area contributed by atoms with Gasteiger partial charge in [0.15, 0.2) is 0 Å². The maximum Gasteiger partial charge on any atom is 0.361 e. The zero-order chi connectivity index (χ0) is 5.44. The summed E-state index contributed by atoms with van der Waals surface area (Å²) in [7, 11) is 0. The van der Waals surface area contributed by atoms with E-state index in [0.29, 0.717) is 0 Å². The molecule has 2 unspecified atom stereocenters. The summed E-state index contributed by atoms with van der Waals surface area (Å²) in [5, 5.41) is 9.62. The van der Waals surface area contributed by atoms with E-state index in [1.165, 1.54) is 0 Å². The van der Waals surface area contributed by atoms with Crippen LogP contribution in [0, 0.1) is 5.92 Å². The summed E-state index contributed by atoms with van der Waals surface area (Å²) in [5.41, 5.74) is 0. The third-order valence-corrected chi connectivity index (χ3v) is 1.02. The lowest BCUT2D eigenvalue weighted by Gasteiger charge is -1.72. The quantitative estimate of drug-likeness (QED) is 0.470. The molecule has 0 bridgehead atoms. The van der Waals surface area contributed by atoms with Gasteiger partial charge in [0.1, 0.15) is 6.17 Å². The Hall–Kier alpha value is -0.600. The Morgan fingerprint density at radius 1 is 1.71 bits per heavy atom. The summed E-state index contributed by atoms with van der Waals surface area (Å²) in [5.74, 6) is -2.05. The van der Waals surface area contributed by atoms with Crippen LogP contribution in [0.2, 0.25) is 0 Å². The number of rotatable bonds is 1. The van der Waals surface area contributed by atoms with Crippen LogP contribution in [-0.2, 0) is 9.90 Å². The summed E-state index contributed by atoms with van der Waals surface area (Å²) in [6.45, 7) is 0. The first-order valence-electron chi connectivity index (χ1n) is 2.06. The first-order valence-corrected chi connectivity index (χ1v) is 2.06. The SMILES string of the molecule is [O]C(=O)C1CC1F. The van der Waals surface area contributed by atoms with Crippen molar-refractivity contribution in [2.24, 2.45) is 5.92 Å². The fourth-order valence-corrected chi connectivity index (χ4v) is 0.408. The maximum absolute atomic E-state index is 11.6. The molecule has 0 aliphatic heterocycles. The average molecular weight is 103 g/mol. The van der Waals surface area contributed by atoms with Gasteiger partial charge >= 0.3 is 5.97 Å². The van der Waals surface area contributed by atoms with Crippen molar-refractivity contribution < 1.29 is 14.3 Å². The van der Waals surface area contributed by atoms with Crippen molar-refractivity contribution in [2.45, 2.75) is 12.6 Å². The van der Waals surface area contributed by atoms with Crippen molar-refractivity contribution in [2.75, 3.05) is 0 Å². The lowest BCUT2D eigenvalue weighted by atomic mass is 10.4. The zero-order valence-corrected chi connectivity index (χ0v) is 3.56. The minimum atomic E-state index is -1.26. The molecule has 1 fully saturated rings. The Morgan fingerprint density at radius 2 is 2.14 bits per heavy atom. The van der Waals surface area contributed by atoms with Crippen molar-refractivity contribution in [1.82, 2.24) is 0 Å². The van der Waals surface area contributed by atoms with E-state index in [2.05, 4.69) is 0 Å². The van der Waals surface area contributed by atoms with Gasteiger partial charge in [-0.15, -0.1) is 0 Å². The number of halogens is 1. The van der Waals surface area contributed by atoms with Crippen LogP contribution in [0.3, 0.4) is 0 Å². The van der Waals surface area contributed by atoms with Gasteiger partial charge in [0.25, 0.3) is 0 Å². The third kappa shape index (κ3) is 0.706. The van der Waals surface area contributed by atoms with Crippen LogP contribution in [0.5, 0.6) is 0 Å². The van der Waals surface area contributed by atoms with Crippen molar-refractivity contribution in [1.29, 1.82) is 0 Å². The van der Waals surface area contributed by atoms with E-state index in [1.807, 2.05) is 0 Å². The smallest absolute Gasteiger partial charge is 0.247 e. The number of carbonyl (C=O) groups is 1. The fourth-order valence-electron chi connectivity index (χ4n) is 0.408. The molecule has 2 atom stereocenters. The highest BCUT2D eigenvalue weighted by atomic mass is 19.1. The largest absolute Gasteiger partial charge is 0.361 e. The second kappa shape index (κ2) is 1.18. The monoisotopic (exact) mass is 103 g/mol.